The van der Waals surface area contributed by atoms with Gasteiger partial charge in [-0.25, -0.2) is 4.98 Å². The second-order valence-corrected chi connectivity index (χ2v) is 2.70. The van der Waals surface area contributed by atoms with Crippen LogP contribution in [-0.2, 0) is 5.88 Å². The first-order chi connectivity index (χ1) is 4.34. The maximum absolute atomic E-state index is 4.08. The fourth-order valence-electron chi connectivity index (χ4n) is 0.679. The summed E-state index contributed by atoms with van der Waals surface area (Å²) >= 11 is 1.80. The molecule has 1 aromatic heterocycles. The molecule has 0 saturated carbocycles. The van der Waals surface area contributed by atoms with E-state index in [9.17, 15) is 0 Å². The van der Waals surface area contributed by atoms with Crippen LogP contribution in [0.25, 0.3) is 0 Å². The van der Waals surface area contributed by atoms with Gasteiger partial charge in [0.05, 0.1) is 5.88 Å². The predicted molar refractivity (Wildman–Crippen MR) is 40.5 cm³/mol. The molecule has 2 nitrogen and oxygen atoms in total. The summed E-state index contributed by atoms with van der Waals surface area (Å²) in [6, 6.07) is 0. The molecule has 0 saturated heterocycles. The number of thioether (sulfide) groups is 1. The molecule has 0 radical (unpaired) electrons. The van der Waals surface area contributed by atoms with Gasteiger partial charge < -0.3 is 4.57 Å². The molecule has 1 rings (SSSR count). The number of aryl methyl sites for hydroxylation is 1. The zero-order valence-corrected chi connectivity index (χ0v) is 6.48. The molecule has 0 aliphatic carbocycles. The zero-order chi connectivity index (χ0) is 6.69. The van der Waals surface area contributed by atoms with E-state index in [2.05, 4.69) is 15.8 Å². The monoisotopic (exact) mass is 142 g/mol. The SMILES string of the molecule is CSCn1ccnc1C. The lowest BCUT2D eigenvalue weighted by Crippen LogP contribution is -1.94. The molecule has 0 amide bonds. The molecule has 50 valence electrons. The number of imidazole rings is 1. The molecule has 3 heteroatoms. The standard InChI is InChI=1S/C6H10N2S/c1-6-7-3-4-8(6)5-9-2/h3-4H,5H2,1-2H3. The quantitative estimate of drug-likeness (QED) is 0.623. The van der Waals surface area contributed by atoms with Crippen LogP contribution in [0.5, 0.6) is 0 Å². The van der Waals surface area contributed by atoms with Crippen LogP contribution in [0.2, 0.25) is 0 Å². The van der Waals surface area contributed by atoms with Crippen molar-refractivity contribution in [2.45, 2.75) is 12.8 Å². The lowest BCUT2D eigenvalue weighted by Gasteiger charge is -1.98. The van der Waals surface area contributed by atoms with Crippen LogP contribution >= 0.6 is 11.8 Å². The highest BCUT2D eigenvalue weighted by Gasteiger charge is 1.91. The van der Waals surface area contributed by atoms with E-state index >= 15 is 0 Å². The van der Waals surface area contributed by atoms with Gasteiger partial charge in [0.1, 0.15) is 5.82 Å². The van der Waals surface area contributed by atoms with Crippen LogP contribution in [0.1, 0.15) is 5.82 Å². The molecule has 0 unspecified atom stereocenters. The summed E-state index contributed by atoms with van der Waals surface area (Å²) in [5.74, 6) is 2.09. The molecule has 0 spiro atoms. The maximum Gasteiger partial charge on any atom is 0.106 e. The third-order valence-electron chi connectivity index (χ3n) is 1.19. The molecule has 9 heavy (non-hydrogen) atoms. The van der Waals surface area contributed by atoms with E-state index in [4.69, 9.17) is 0 Å². The summed E-state index contributed by atoms with van der Waals surface area (Å²) in [5.41, 5.74) is 0. The van der Waals surface area contributed by atoms with Gasteiger partial charge in [0, 0.05) is 12.4 Å². The minimum absolute atomic E-state index is 1.01. The maximum atomic E-state index is 4.08. The predicted octanol–water partition coefficient (Wildman–Crippen LogP) is 1.51. The van der Waals surface area contributed by atoms with Gasteiger partial charge in [-0.1, -0.05) is 0 Å². The molecule has 1 aromatic rings. The highest BCUT2D eigenvalue weighted by Crippen LogP contribution is 2.01. The second-order valence-electron chi connectivity index (χ2n) is 1.86. The van der Waals surface area contributed by atoms with E-state index < -0.39 is 0 Å². The molecule has 0 bridgehead atoms. The van der Waals surface area contributed by atoms with Gasteiger partial charge in [0.2, 0.25) is 0 Å². The largest absolute Gasteiger partial charge is 0.325 e. The second kappa shape index (κ2) is 2.92. The summed E-state index contributed by atoms with van der Waals surface area (Å²) in [7, 11) is 0. The minimum Gasteiger partial charge on any atom is -0.325 e. The summed E-state index contributed by atoms with van der Waals surface area (Å²) in [6.07, 6.45) is 5.90. The van der Waals surface area contributed by atoms with Crippen molar-refractivity contribution >= 4 is 11.8 Å². The van der Waals surface area contributed by atoms with Crippen LogP contribution < -0.4 is 0 Å². The Kier molecular flexibility index (Phi) is 2.16. The fourth-order valence-corrected chi connectivity index (χ4v) is 1.23. The Morgan fingerprint density at radius 1 is 1.78 bits per heavy atom. The number of hydrogen-bond acceptors (Lipinski definition) is 2. The molecule has 0 aliphatic rings. The first-order valence-corrected chi connectivity index (χ1v) is 4.20. The van der Waals surface area contributed by atoms with Gasteiger partial charge in [-0.05, 0) is 13.2 Å². The summed E-state index contributed by atoms with van der Waals surface area (Å²) in [5, 5.41) is 0. The van der Waals surface area contributed by atoms with Gasteiger partial charge >= 0.3 is 0 Å². The molecule has 1 heterocycles. The van der Waals surface area contributed by atoms with Crippen LogP contribution in [0.4, 0.5) is 0 Å². The number of rotatable bonds is 2. The summed E-state index contributed by atoms with van der Waals surface area (Å²) in [6.45, 7) is 2.01. The third-order valence-corrected chi connectivity index (χ3v) is 1.73. The summed E-state index contributed by atoms with van der Waals surface area (Å²) < 4.78 is 2.12. The number of aromatic nitrogens is 2. The number of nitrogens with zero attached hydrogens (tertiary/aromatic N) is 2. The normalized spacial score (nSPS) is 10.0. The molecule has 0 N–H and O–H groups in total. The summed E-state index contributed by atoms with van der Waals surface area (Å²) in [4.78, 5) is 4.08. The van der Waals surface area contributed by atoms with Crippen molar-refractivity contribution in [2.75, 3.05) is 6.26 Å². The zero-order valence-electron chi connectivity index (χ0n) is 5.66. The van der Waals surface area contributed by atoms with Gasteiger partial charge in [0.15, 0.2) is 0 Å². The molecular formula is C6H10N2S. The molecule has 0 aromatic carbocycles. The third kappa shape index (κ3) is 1.48. The van der Waals surface area contributed by atoms with E-state index in [0.717, 1.165) is 11.7 Å². The Morgan fingerprint density at radius 3 is 3.00 bits per heavy atom. The van der Waals surface area contributed by atoms with Crippen LogP contribution in [-0.4, -0.2) is 15.8 Å². The Labute approximate surface area is 59.3 Å². The lowest BCUT2D eigenvalue weighted by atomic mass is 10.7. The van der Waals surface area contributed by atoms with E-state index in [1.807, 2.05) is 19.3 Å². The van der Waals surface area contributed by atoms with Crippen molar-refractivity contribution in [3.8, 4) is 0 Å². The Morgan fingerprint density at radius 2 is 2.56 bits per heavy atom. The van der Waals surface area contributed by atoms with Crippen LogP contribution in [0.3, 0.4) is 0 Å². The van der Waals surface area contributed by atoms with E-state index in [1.165, 1.54) is 0 Å². The van der Waals surface area contributed by atoms with E-state index in [-0.39, 0.29) is 0 Å². The molecular weight excluding hydrogens is 132 g/mol. The van der Waals surface area contributed by atoms with Gasteiger partial charge in [-0.15, -0.1) is 11.8 Å². The Hall–Kier alpha value is -0.440. The van der Waals surface area contributed by atoms with Gasteiger partial charge in [-0.2, -0.15) is 0 Å². The van der Waals surface area contributed by atoms with Gasteiger partial charge in [-0.3, -0.25) is 0 Å². The average molecular weight is 142 g/mol. The van der Waals surface area contributed by atoms with Crippen molar-refractivity contribution in [1.82, 2.24) is 9.55 Å². The first-order valence-electron chi connectivity index (χ1n) is 2.81. The smallest absolute Gasteiger partial charge is 0.106 e. The van der Waals surface area contributed by atoms with Crippen molar-refractivity contribution in [2.24, 2.45) is 0 Å². The van der Waals surface area contributed by atoms with Crippen molar-refractivity contribution in [3.63, 3.8) is 0 Å². The van der Waals surface area contributed by atoms with E-state index in [0.29, 0.717) is 0 Å². The Bertz CT molecular complexity index is 183. The molecule has 0 fully saturated rings. The average Bonchev–Trinajstić information content (AvgIpc) is 2.18. The fraction of sp³-hybridized carbons (Fsp3) is 0.500. The van der Waals surface area contributed by atoms with Crippen molar-refractivity contribution in [1.29, 1.82) is 0 Å². The highest BCUT2D eigenvalue weighted by molar-refractivity contribution is 7.97. The molecule has 0 atom stereocenters. The van der Waals surface area contributed by atoms with Crippen molar-refractivity contribution in [3.05, 3.63) is 18.2 Å². The van der Waals surface area contributed by atoms with Crippen molar-refractivity contribution < 1.29 is 0 Å². The van der Waals surface area contributed by atoms with E-state index in [1.54, 1.807) is 11.8 Å². The van der Waals surface area contributed by atoms with Crippen LogP contribution in [0.15, 0.2) is 12.4 Å². The topological polar surface area (TPSA) is 17.8 Å². The van der Waals surface area contributed by atoms with Crippen LogP contribution in [0, 0.1) is 6.92 Å². The Balaban J connectivity index is 2.69. The lowest BCUT2D eigenvalue weighted by molar-refractivity contribution is 0.840. The molecule has 0 aliphatic heterocycles. The van der Waals surface area contributed by atoms with Gasteiger partial charge in [0.25, 0.3) is 0 Å². The highest BCUT2D eigenvalue weighted by atomic mass is 32.2. The number of hydrogen-bond donors (Lipinski definition) is 0. The first kappa shape index (κ1) is 6.68. The minimum atomic E-state index is 1.01.